The van der Waals surface area contributed by atoms with Crippen LogP contribution in [0.2, 0.25) is 10.2 Å². The van der Waals surface area contributed by atoms with E-state index in [1.807, 2.05) is 24.3 Å². The van der Waals surface area contributed by atoms with Crippen molar-refractivity contribution in [3.63, 3.8) is 0 Å². The minimum atomic E-state index is -0.465. The molecule has 3 rings (SSSR count). The molecule has 112 valence electrons. The molecule has 4 nitrogen and oxygen atoms in total. The van der Waals surface area contributed by atoms with E-state index >= 15 is 0 Å². The van der Waals surface area contributed by atoms with Crippen molar-refractivity contribution in [2.24, 2.45) is 0 Å². The van der Waals surface area contributed by atoms with Gasteiger partial charge in [0.15, 0.2) is 0 Å². The molecule has 6 heteroatoms. The van der Waals surface area contributed by atoms with Gasteiger partial charge in [0.1, 0.15) is 24.1 Å². The number of fused-ring (bicyclic) bond motifs is 1. The number of pyridine rings is 1. The van der Waals surface area contributed by atoms with E-state index in [0.29, 0.717) is 21.4 Å². The number of aromatic nitrogens is 1. The van der Waals surface area contributed by atoms with Crippen LogP contribution >= 0.6 is 23.2 Å². The third kappa shape index (κ3) is 3.24. The Morgan fingerprint density at radius 1 is 1.23 bits per heavy atom. The molecule has 0 saturated heterocycles. The predicted molar refractivity (Wildman–Crippen MR) is 84.0 cm³/mol. The smallest absolute Gasteiger partial charge is 0.337 e. The lowest BCUT2D eigenvalue weighted by atomic mass is 10.1. The molecule has 0 fully saturated rings. The second-order valence-corrected chi connectivity index (χ2v) is 5.43. The lowest BCUT2D eigenvalue weighted by Gasteiger charge is -2.17. The lowest BCUT2D eigenvalue weighted by Crippen LogP contribution is -2.17. The van der Waals surface area contributed by atoms with E-state index in [4.69, 9.17) is 32.7 Å². The van der Waals surface area contributed by atoms with Gasteiger partial charge in [-0.05, 0) is 24.3 Å². The molecule has 1 aliphatic heterocycles. The van der Waals surface area contributed by atoms with E-state index in [2.05, 4.69) is 4.98 Å². The molecule has 1 aliphatic rings. The van der Waals surface area contributed by atoms with Crippen molar-refractivity contribution in [2.45, 2.75) is 6.61 Å². The summed E-state index contributed by atoms with van der Waals surface area (Å²) in [5.74, 6) is 0.283. The van der Waals surface area contributed by atoms with Gasteiger partial charge in [0.25, 0.3) is 0 Å². The first-order valence-corrected chi connectivity index (χ1v) is 7.29. The molecule has 2 heterocycles. The molecular weight excluding hydrogens is 325 g/mol. The highest BCUT2D eigenvalue weighted by Gasteiger charge is 2.18. The molecule has 0 bridgehead atoms. The number of hydrogen-bond donors (Lipinski definition) is 0. The quantitative estimate of drug-likeness (QED) is 0.630. The molecular formula is C16H11Cl2NO3. The SMILES string of the molecule is O=C(OCc1nc(Cl)ccc1Cl)C1=Cc2ccccc2OC1. The van der Waals surface area contributed by atoms with Gasteiger partial charge in [-0.15, -0.1) is 0 Å². The largest absolute Gasteiger partial charge is 0.488 e. The number of nitrogens with zero attached hydrogens (tertiary/aromatic N) is 1. The fraction of sp³-hybridized carbons (Fsp3) is 0.125. The molecule has 0 unspecified atom stereocenters. The Kier molecular flexibility index (Phi) is 4.32. The van der Waals surface area contributed by atoms with Crippen molar-refractivity contribution >= 4 is 35.2 Å². The summed E-state index contributed by atoms with van der Waals surface area (Å²) in [7, 11) is 0. The van der Waals surface area contributed by atoms with E-state index in [1.165, 1.54) is 0 Å². The second-order valence-electron chi connectivity index (χ2n) is 4.63. The first-order chi connectivity index (χ1) is 10.6. The second kappa shape index (κ2) is 6.38. The third-order valence-electron chi connectivity index (χ3n) is 3.12. The zero-order valence-electron chi connectivity index (χ0n) is 11.4. The molecule has 0 aliphatic carbocycles. The molecule has 0 atom stereocenters. The zero-order chi connectivity index (χ0) is 15.5. The van der Waals surface area contributed by atoms with Gasteiger partial charge in [0.2, 0.25) is 0 Å². The predicted octanol–water partition coefficient (Wildman–Crippen LogP) is 3.91. The fourth-order valence-corrected chi connectivity index (χ4v) is 2.34. The van der Waals surface area contributed by atoms with Crippen molar-refractivity contribution in [3.8, 4) is 5.75 Å². The third-order valence-corrected chi connectivity index (χ3v) is 3.67. The summed E-state index contributed by atoms with van der Waals surface area (Å²) in [6.45, 7) is 0.129. The molecule has 0 spiro atoms. The first kappa shape index (κ1) is 14.9. The number of rotatable bonds is 3. The van der Waals surface area contributed by atoms with Gasteiger partial charge >= 0.3 is 5.97 Å². The Labute approximate surface area is 137 Å². The number of carbonyl (C=O) groups is 1. The highest BCUT2D eigenvalue weighted by molar-refractivity contribution is 6.32. The van der Waals surface area contributed by atoms with Crippen molar-refractivity contribution in [2.75, 3.05) is 6.61 Å². The van der Waals surface area contributed by atoms with Crippen LogP contribution in [0.15, 0.2) is 42.0 Å². The average Bonchev–Trinajstić information content (AvgIpc) is 2.55. The summed E-state index contributed by atoms with van der Waals surface area (Å²) in [6, 6.07) is 10.7. The van der Waals surface area contributed by atoms with E-state index in [0.717, 1.165) is 11.3 Å². The molecule has 22 heavy (non-hydrogen) atoms. The van der Waals surface area contributed by atoms with Crippen LogP contribution in [-0.4, -0.2) is 17.6 Å². The van der Waals surface area contributed by atoms with Crippen LogP contribution in [0.1, 0.15) is 11.3 Å². The van der Waals surface area contributed by atoms with Crippen molar-refractivity contribution in [3.05, 3.63) is 63.4 Å². The Bertz CT molecular complexity index is 759. The number of hydrogen-bond acceptors (Lipinski definition) is 4. The van der Waals surface area contributed by atoms with E-state index < -0.39 is 5.97 Å². The minimum Gasteiger partial charge on any atom is -0.488 e. The highest BCUT2D eigenvalue weighted by Crippen LogP contribution is 2.26. The Hall–Kier alpha value is -2.04. The van der Waals surface area contributed by atoms with Gasteiger partial charge in [0.05, 0.1) is 16.3 Å². The van der Waals surface area contributed by atoms with Crippen molar-refractivity contribution in [1.29, 1.82) is 0 Å². The zero-order valence-corrected chi connectivity index (χ0v) is 12.9. The lowest BCUT2D eigenvalue weighted by molar-refractivity contribution is -0.140. The van der Waals surface area contributed by atoms with Gasteiger partial charge in [-0.1, -0.05) is 41.4 Å². The first-order valence-electron chi connectivity index (χ1n) is 6.54. The summed E-state index contributed by atoms with van der Waals surface area (Å²) < 4.78 is 10.7. The van der Waals surface area contributed by atoms with Crippen LogP contribution in [0.3, 0.4) is 0 Å². The van der Waals surface area contributed by atoms with Gasteiger partial charge < -0.3 is 9.47 Å². The van der Waals surface area contributed by atoms with Crippen LogP contribution in [0.4, 0.5) is 0 Å². The Balaban J connectivity index is 1.71. The highest BCUT2D eigenvalue weighted by atomic mass is 35.5. The number of esters is 1. The summed E-state index contributed by atoms with van der Waals surface area (Å²) in [4.78, 5) is 16.1. The van der Waals surface area contributed by atoms with Gasteiger partial charge in [-0.3, -0.25) is 0 Å². The maximum atomic E-state index is 12.1. The summed E-state index contributed by atoms with van der Waals surface area (Å²) in [5.41, 5.74) is 1.71. The minimum absolute atomic E-state index is 0.0444. The topological polar surface area (TPSA) is 48.4 Å². The van der Waals surface area contributed by atoms with Crippen molar-refractivity contribution < 1.29 is 14.3 Å². The van der Waals surface area contributed by atoms with E-state index in [9.17, 15) is 4.79 Å². The summed E-state index contributed by atoms with van der Waals surface area (Å²) in [5, 5.41) is 0.695. The molecule has 1 aromatic carbocycles. The molecule has 0 amide bonds. The number of carbonyl (C=O) groups excluding carboxylic acids is 1. The number of ether oxygens (including phenoxy) is 2. The number of benzene rings is 1. The Morgan fingerprint density at radius 3 is 2.91 bits per heavy atom. The van der Waals surface area contributed by atoms with Crippen LogP contribution in [0, 0.1) is 0 Å². The average molecular weight is 336 g/mol. The number of para-hydroxylation sites is 1. The molecule has 0 radical (unpaired) electrons. The summed E-state index contributed by atoms with van der Waals surface area (Å²) in [6.07, 6.45) is 1.76. The molecule has 1 aromatic heterocycles. The monoisotopic (exact) mass is 335 g/mol. The Morgan fingerprint density at radius 2 is 2.05 bits per heavy atom. The van der Waals surface area contributed by atoms with Gasteiger partial charge in [0, 0.05) is 5.56 Å². The van der Waals surface area contributed by atoms with Crippen molar-refractivity contribution in [1.82, 2.24) is 4.98 Å². The molecule has 0 saturated carbocycles. The standard InChI is InChI=1S/C16H11Cl2NO3/c17-12-5-6-15(18)19-13(12)9-22-16(20)11-7-10-3-1-2-4-14(10)21-8-11/h1-7H,8-9H2. The molecule has 2 aromatic rings. The van der Waals surface area contributed by atoms with E-state index in [-0.39, 0.29) is 13.2 Å². The van der Waals surface area contributed by atoms with Gasteiger partial charge in [-0.2, -0.15) is 0 Å². The van der Waals surface area contributed by atoms with Crippen LogP contribution in [0.25, 0.3) is 6.08 Å². The summed E-state index contributed by atoms with van der Waals surface area (Å²) >= 11 is 11.8. The number of halogens is 2. The van der Waals surface area contributed by atoms with Crippen LogP contribution in [0.5, 0.6) is 5.75 Å². The van der Waals surface area contributed by atoms with Crippen LogP contribution in [-0.2, 0) is 16.1 Å². The van der Waals surface area contributed by atoms with E-state index in [1.54, 1.807) is 18.2 Å². The normalized spacial score (nSPS) is 12.9. The maximum Gasteiger partial charge on any atom is 0.337 e. The molecule has 0 N–H and O–H groups in total. The van der Waals surface area contributed by atoms with Gasteiger partial charge in [-0.25, -0.2) is 9.78 Å². The van der Waals surface area contributed by atoms with Crippen LogP contribution < -0.4 is 4.74 Å². The fourth-order valence-electron chi connectivity index (χ4n) is 2.02. The maximum absolute atomic E-state index is 12.1.